The van der Waals surface area contributed by atoms with E-state index in [0.29, 0.717) is 0 Å². The van der Waals surface area contributed by atoms with E-state index in [1.54, 1.807) is 0 Å². The first-order valence-electron chi connectivity index (χ1n) is 6.96. The Hall–Kier alpha value is -1.35. The molecule has 2 rings (SSSR count). The largest absolute Gasteiger partial charge is 0.369 e. The molecule has 2 aromatic heterocycles. The Balaban J connectivity index is 2.09. The van der Waals surface area contributed by atoms with Crippen LogP contribution in [-0.4, -0.2) is 36.2 Å². The number of aryl methyl sites for hydroxylation is 3. The number of nitrogens with zero attached hydrogens (tertiary/aromatic N) is 5. The molecule has 0 aromatic carbocycles. The van der Waals surface area contributed by atoms with Crippen molar-refractivity contribution in [3.63, 3.8) is 0 Å². The van der Waals surface area contributed by atoms with Crippen LogP contribution in [0, 0.1) is 13.8 Å². The Kier molecular flexibility index (Phi) is 5.63. The zero-order chi connectivity index (χ0) is 16.3. The van der Waals surface area contributed by atoms with Crippen LogP contribution < -0.4 is 5.73 Å². The minimum absolute atomic E-state index is 0.211. The second-order valence-electron chi connectivity index (χ2n) is 4.86. The molecule has 9 heteroatoms. The van der Waals surface area contributed by atoms with Crippen molar-refractivity contribution in [2.75, 3.05) is 5.75 Å². The van der Waals surface area contributed by atoms with E-state index in [1.807, 2.05) is 30.0 Å². The quantitative estimate of drug-likeness (QED) is 0.730. The summed E-state index contributed by atoms with van der Waals surface area (Å²) in [5, 5.41) is 13.6. The van der Waals surface area contributed by atoms with Gasteiger partial charge in [0.25, 0.3) is 0 Å². The van der Waals surface area contributed by atoms with Crippen molar-refractivity contribution < 1.29 is 4.79 Å². The lowest BCUT2D eigenvalue weighted by Gasteiger charge is -2.07. The molecule has 0 unspecified atom stereocenters. The van der Waals surface area contributed by atoms with Gasteiger partial charge in [-0.1, -0.05) is 11.8 Å². The number of aromatic nitrogens is 5. The molecule has 120 valence electrons. The van der Waals surface area contributed by atoms with Crippen molar-refractivity contribution in [1.82, 2.24) is 24.5 Å². The highest BCUT2D eigenvalue weighted by molar-refractivity contribution is 9.10. The van der Waals surface area contributed by atoms with Gasteiger partial charge in [-0.25, -0.2) is 0 Å². The summed E-state index contributed by atoms with van der Waals surface area (Å²) in [5.74, 6) is 0.741. The Labute approximate surface area is 141 Å². The summed E-state index contributed by atoms with van der Waals surface area (Å²) in [4.78, 5) is 10.9. The molecule has 0 saturated carbocycles. The van der Waals surface area contributed by atoms with Gasteiger partial charge in [-0.3, -0.25) is 9.48 Å². The first-order valence-corrected chi connectivity index (χ1v) is 8.74. The minimum Gasteiger partial charge on any atom is -0.369 e. The summed E-state index contributed by atoms with van der Waals surface area (Å²) in [6.45, 7) is 7.52. The SMILES string of the molecule is CCn1c(CCn2nc(C)c(Br)c2C)nnc1SCC(N)=O. The van der Waals surface area contributed by atoms with E-state index < -0.39 is 0 Å². The first-order chi connectivity index (χ1) is 10.4. The van der Waals surface area contributed by atoms with Crippen LogP contribution in [0.4, 0.5) is 0 Å². The number of carbonyl (C=O) groups is 1. The average molecular weight is 387 g/mol. The van der Waals surface area contributed by atoms with Gasteiger partial charge in [0.1, 0.15) is 5.82 Å². The van der Waals surface area contributed by atoms with Crippen molar-refractivity contribution in [2.24, 2.45) is 5.73 Å². The van der Waals surface area contributed by atoms with E-state index >= 15 is 0 Å². The Morgan fingerprint density at radius 3 is 2.64 bits per heavy atom. The van der Waals surface area contributed by atoms with Gasteiger partial charge < -0.3 is 10.3 Å². The molecule has 0 aliphatic rings. The maximum Gasteiger partial charge on any atom is 0.227 e. The molecule has 22 heavy (non-hydrogen) atoms. The lowest BCUT2D eigenvalue weighted by atomic mass is 10.3. The molecule has 2 aromatic rings. The summed E-state index contributed by atoms with van der Waals surface area (Å²) >= 11 is 4.85. The van der Waals surface area contributed by atoms with Crippen molar-refractivity contribution in [2.45, 2.75) is 45.4 Å². The fraction of sp³-hybridized carbons (Fsp3) is 0.538. The predicted molar refractivity (Wildman–Crippen MR) is 88.7 cm³/mol. The molecular formula is C13H19BrN6OS. The summed E-state index contributed by atoms with van der Waals surface area (Å²) in [7, 11) is 0. The number of carbonyl (C=O) groups excluding carboxylic acids is 1. The van der Waals surface area contributed by atoms with Gasteiger partial charge in [-0.2, -0.15) is 5.10 Å². The minimum atomic E-state index is -0.357. The lowest BCUT2D eigenvalue weighted by molar-refractivity contribution is -0.115. The van der Waals surface area contributed by atoms with Crippen LogP contribution in [0.15, 0.2) is 9.63 Å². The molecule has 0 radical (unpaired) electrons. The number of hydrogen-bond donors (Lipinski definition) is 1. The Morgan fingerprint density at radius 2 is 2.09 bits per heavy atom. The van der Waals surface area contributed by atoms with E-state index in [0.717, 1.165) is 46.4 Å². The second-order valence-corrected chi connectivity index (χ2v) is 6.59. The molecule has 2 N–H and O–H groups in total. The molecular weight excluding hydrogens is 368 g/mol. The van der Waals surface area contributed by atoms with E-state index in [2.05, 4.69) is 31.2 Å². The first kappa shape index (κ1) is 17.0. The van der Waals surface area contributed by atoms with E-state index in [9.17, 15) is 4.79 Å². The fourth-order valence-corrected chi connectivity index (χ4v) is 3.21. The summed E-state index contributed by atoms with van der Waals surface area (Å²) in [6, 6.07) is 0. The van der Waals surface area contributed by atoms with Crippen LogP contribution in [0.1, 0.15) is 24.1 Å². The molecule has 2 heterocycles. The third kappa shape index (κ3) is 3.70. The summed E-state index contributed by atoms with van der Waals surface area (Å²) in [5.41, 5.74) is 7.25. The van der Waals surface area contributed by atoms with Gasteiger partial charge in [0.05, 0.1) is 15.9 Å². The summed E-state index contributed by atoms with van der Waals surface area (Å²) < 4.78 is 5.01. The highest BCUT2D eigenvalue weighted by Crippen LogP contribution is 2.21. The zero-order valence-corrected chi connectivity index (χ0v) is 15.2. The molecule has 0 fully saturated rings. The van der Waals surface area contributed by atoms with Crippen molar-refractivity contribution >= 4 is 33.6 Å². The molecule has 0 aliphatic carbocycles. The molecule has 0 bridgehead atoms. The number of halogens is 1. The van der Waals surface area contributed by atoms with Crippen LogP contribution in [0.25, 0.3) is 0 Å². The van der Waals surface area contributed by atoms with E-state index in [1.165, 1.54) is 11.8 Å². The van der Waals surface area contributed by atoms with Gasteiger partial charge in [-0.05, 0) is 36.7 Å². The smallest absolute Gasteiger partial charge is 0.227 e. The maximum atomic E-state index is 10.9. The molecule has 0 spiro atoms. The third-order valence-electron chi connectivity index (χ3n) is 3.29. The Bertz CT molecular complexity index is 680. The second kappa shape index (κ2) is 7.28. The maximum absolute atomic E-state index is 10.9. The highest BCUT2D eigenvalue weighted by atomic mass is 79.9. The summed E-state index contributed by atoms with van der Waals surface area (Å²) in [6.07, 6.45) is 0.729. The number of amides is 1. The normalized spacial score (nSPS) is 11.1. The van der Waals surface area contributed by atoms with Crippen molar-refractivity contribution in [3.8, 4) is 0 Å². The van der Waals surface area contributed by atoms with Crippen LogP contribution in [-0.2, 0) is 24.3 Å². The number of rotatable bonds is 7. The third-order valence-corrected chi connectivity index (χ3v) is 5.43. The van der Waals surface area contributed by atoms with Crippen LogP contribution >= 0.6 is 27.7 Å². The van der Waals surface area contributed by atoms with Gasteiger partial charge in [-0.15, -0.1) is 10.2 Å². The van der Waals surface area contributed by atoms with E-state index in [-0.39, 0.29) is 11.7 Å². The number of hydrogen-bond acceptors (Lipinski definition) is 5. The average Bonchev–Trinajstić information content (AvgIpc) is 2.99. The highest BCUT2D eigenvalue weighted by Gasteiger charge is 2.14. The van der Waals surface area contributed by atoms with Crippen LogP contribution in [0.5, 0.6) is 0 Å². The van der Waals surface area contributed by atoms with Crippen molar-refractivity contribution in [3.05, 3.63) is 21.7 Å². The number of nitrogens with two attached hydrogens (primary N) is 1. The van der Waals surface area contributed by atoms with Gasteiger partial charge >= 0.3 is 0 Å². The van der Waals surface area contributed by atoms with Crippen LogP contribution in [0.2, 0.25) is 0 Å². The number of primary amides is 1. The standard InChI is InChI=1S/C13H19BrN6OS/c1-4-19-11(16-17-13(19)22-7-10(15)21)5-6-20-9(3)12(14)8(2)18-20/h4-7H2,1-3H3,(H2,15,21). The van der Waals surface area contributed by atoms with Gasteiger partial charge in [0, 0.05) is 25.2 Å². The molecule has 0 atom stereocenters. The topological polar surface area (TPSA) is 91.6 Å². The van der Waals surface area contributed by atoms with Crippen LogP contribution in [0.3, 0.4) is 0 Å². The van der Waals surface area contributed by atoms with Gasteiger partial charge in [0.15, 0.2) is 5.16 Å². The molecule has 0 saturated heterocycles. The fourth-order valence-electron chi connectivity index (χ4n) is 2.16. The van der Waals surface area contributed by atoms with E-state index in [4.69, 9.17) is 5.73 Å². The Morgan fingerprint density at radius 1 is 1.36 bits per heavy atom. The zero-order valence-electron chi connectivity index (χ0n) is 12.8. The molecule has 1 amide bonds. The predicted octanol–water partition coefficient (Wildman–Crippen LogP) is 1.69. The molecule has 0 aliphatic heterocycles. The van der Waals surface area contributed by atoms with Gasteiger partial charge in [0.2, 0.25) is 5.91 Å². The number of thioether (sulfide) groups is 1. The monoisotopic (exact) mass is 386 g/mol. The lowest BCUT2D eigenvalue weighted by Crippen LogP contribution is -2.14. The molecule has 7 nitrogen and oxygen atoms in total. The van der Waals surface area contributed by atoms with Crippen molar-refractivity contribution in [1.29, 1.82) is 0 Å².